The van der Waals surface area contributed by atoms with E-state index in [1.165, 1.54) is 9.87 Å². The highest BCUT2D eigenvalue weighted by atomic mass is 32.2. The van der Waals surface area contributed by atoms with Crippen LogP contribution in [0.2, 0.25) is 0 Å². The Kier molecular flexibility index (Phi) is 5.91. The van der Waals surface area contributed by atoms with Gasteiger partial charge in [-0.15, -0.1) is 0 Å². The second-order valence-corrected chi connectivity index (χ2v) is 9.80. The van der Waals surface area contributed by atoms with Crippen molar-refractivity contribution in [2.75, 3.05) is 13.1 Å². The summed E-state index contributed by atoms with van der Waals surface area (Å²) in [5.41, 5.74) is 2.43. The molecule has 5 nitrogen and oxygen atoms in total. The van der Waals surface area contributed by atoms with E-state index >= 15 is 0 Å². The third-order valence-electron chi connectivity index (χ3n) is 5.66. The van der Waals surface area contributed by atoms with Gasteiger partial charge in [0.1, 0.15) is 0 Å². The molecule has 1 heterocycles. The molecule has 0 bridgehead atoms. The van der Waals surface area contributed by atoms with Crippen molar-refractivity contribution in [1.29, 1.82) is 0 Å². The van der Waals surface area contributed by atoms with E-state index in [4.69, 9.17) is 0 Å². The second-order valence-electron chi connectivity index (χ2n) is 7.90. The van der Waals surface area contributed by atoms with E-state index in [0.29, 0.717) is 37.4 Å². The number of piperidine rings is 1. The summed E-state index contributed by atoms with van der Waals surface area (Å²) in [4.78, 5) is 13.1. The SMILES string of the molecule is Cc1ccc(CNC(=O)C2(C)CCN(S(=O)(=O)c3ccccc3C)CC2)cc1. The molecule has 2 aromatic rings. The van der Waals surface area contributed by atoms with E-state index in [1.54, 1.807) is 25.1 Å². The molecular formula is C22H28N2O3S. The first-order chi connectivity index (χ1) is 13.2. The van der Waals surface area contributed by atoms with Gasteiger partial charge < -0.3 is 5.32 Å². The van der Waals surface area contributed by atoms with Gasteiger partial charge in [0.05, 0.1) is 4.90 Å². The average molecular weight is 401 g/mol. The minimum absolute atomic E-state index is 0.0129. The molecule has 0 aromatic heterocycles. The molecule has 1 aliphatic heterocycles. The molecule has 0 radical (unpaired) electrons. The fourth-order valence-corrected chi connectivity index (χ4v) is 5.20. The monoisotopic (exact) mass is 400 g/mol. The standard InChI is InChI=1S/C22H28N2O3S/c1-17-8-10-19(11-9-17)16-23-21(25)22(3)12-14-24(15-13-22)28(26,27)20-7-5-4-6-18(20)2/h4-11H,12-16H2,1-3H3,(H,23,25). The maximum Gasteiger partial charge on any atom is 0.243 e. The van der Waals surface area contributed by atoms with E-state index in [9.17, 15) is 13.2 Å². The Bertz CT molecular complexity index is 944. The van der Waals surface area contributed by atoms with Crippen molar-refractivity contribution in [3.63, 3.8) is 0 Å². The maximum absolute atomic E-state index is 13.0. The predicted molar refractivity (Wildman–Crippen MR) is 110 cm³/mol. The fourth-order valence-electron chi connectivity index (χ4n) is 3.53. The highest BCUT2D eigenvalue weighted by molar-refractivity contribution is 7.89. The quantitative estimate of drug-likeness (QED) is 0.836. The van der Waals surface area contributed by atoms with Gasteiger partial charge in [-0.3, -0.25) is 4.79 Å². The molecule has 0 aliphatic carbocycles. The molecule has 1 N–H and O–H groups in total. The Hall–Kier alpha value is -2.18. The molecular weight excluding hydrogens is 372 g/mol. The largest absolute Gasteiger partial charge is 0.352 e. The third kappa shape index (κ3) is 4.28. The molecule has 1 saturated heterocycles. The van der Waals surface area contributed by atoms with Crippen molar-refractivity contribution in [2.24, 2.45) is 5.41 Å². The number of aryl methyl sites for hydroxylation is 2. The summed E-state index contributed by atoms with van der Waals surface area (Å²) >= 11 is 0. The molecule has 6 heteroatoms. The molecule has 0 atom stereocenters. The summed E-state index contributed by atoms with van der Waals surface area (Å²) in [6.45, 7) is 6.95. The molecule has 0 saturated carbocycles. The van der Waals surface area contributed by atoms with Gasteiger partial charge in [0.2, 0.25) is 15.9 Å². The van der Waals surface area contributed by atoms with Gasteiger partial charge in [-0.25, -0.2) is 8.42 Å². The molecule has 150 valence electrons. The lowest BCUT2D eigenvalue weighted by Gasteiger charge is -2.37. The van der Waals surface area contributed by atoms with Gasteiger partial charge in [0, 0.05) is 25.0 Å². The van der Waals surface area contributed by atoms with Crippen LogP contribution in [-0.4, -0.2) is 31.7 Å². The van der Waals surface area contributed by atoms with E-state index < -0.39 is 15.4 Å². The zero-order chi connectivity index (χ0) is 20.4. The summed E-state index contributed by atoms with van der Waals surface area (Å²) in [6, 6.07) is 15.1. The number of sulfonamides is 1. The molecule has 0 spiro atoms. The third-order valence-corrected chi connectivity index (χ3v) is 7.72. The Morgan fingerprint density at radius 1 is 1.04 bits per heavy atom. The van der Waals surface area contributed by atoms with E-state index in [2.05, 4.69) is 5.32 Å². The van der Waals surface area contributed by atoms with Crippen LogP contribution in [0, 0.1) is 19.3 Å². The summed E-state index contributed by atoms with van der Waals surface area (Å²) in [5.74, 6) is -0.0129. The summed E-state index contributed by atoms with van der Waals surface area (Å²) in [7, 11) is -3.53. The first kappa shape index (κ1) is 20.6. The van der Waals surface area contributed by atoms with Gasteiger partial charge in [0.25, 0.3) is 0 Å². The van der Waals surface area contributed by atoms with Crippen LogP contribution in [0.1, 0.15) is 36.5 Å². The first-order valence-corrected chi connectivity index (χ1v) is 11.1. The summed E-state index contributed by atoms with van der Waals surface area (Å²) in [6.07, 6.45) is 1.02. The molecule has 28 heavy (non-hydrogen) atoms. The minimum atomic E-state index is -3.53. The van der Waals surface area contributed by atoms with E-state index in [-0.39, 0.29) is 5.91 Å². The van der Waals surface area contributed by atoms with Crippen molar-refractivity contribution in [3.8, 4) is 0 Å². The minimum Gasteiger partial charge on any atom is -0.352 e. The molecule has 1 amide bonds. The highest BCUT2D eigenvalue weighted by Crippen LogP contribution is 2.34. The smallest absolute Gasteiger partial charge is 0.243 e. The maximum atomic E-state index is 13.0. The number of amides is 1. The van der Waals surface area contributed by atoms with Gasteiger partial charge in [-0.1, -0.05) is 55.0 Å². The van der Waals surface area contributed by atoms with Crippen LogP contribution in [-0.2, 0) is 21.4 Å². The van der Waals surface area contributed by atoms with Gasteiger partial charge in [-0.05, 0) is 43.9 Å². The lowest BCUT2D eigenvalue weighted by Crippen LogP contribution is -2.48. The normalized spacial score (nSPS) is 17.2. The van der Waals surface area contributed by atoms with Crippen molar-refractivity contribution < 1.29 is 13.2 Å². The van der Waals surface area contributed by atoms with Crippen molar-refractivity contribution in [3.05, 3.63) is 65.2 Å². The van der Waals surface area contributed by atoms with Crippen LogP contribution in [0.25, 0.3) is 0 Å². The number of hydrogen-bond donors (Lipinski definition) is 1. The van der Waals surface area contributed by atoms with Crippen LogP contribution >= 0.6 is 0 Å². The van der Waals surface area contributed by atoms with Crippen LogP contribution in [0.15, 0.2) is 53.4 Å². The molecule has 1 aliphatic rings. The number of hydrogen-bond acceptors (Lipinski definition) is 3. The zero-order valence-corrected chi connectivity index (χ0v) is 17.6. The second kappa shape index (κ2) is 8.05. The predicted octanol–water partition coefficient (Wildman–Crippen LogP) is 3.41. The number of benzene rings is 2. The Balaban J connectivity index is 1.62. The fraction of sp³-hybridized carbons (Fsp3) is 0.409. The zero-order valence-electron chi connectivity index (χ0n) is 16.7. The lowest BCUT2D eigenvalue weighted by molar-refractivity contribution is -0.132. The number of nitrogens with zero attached hydrogens (tertiary/aromatic N) is 1. The first-order valence-electron chi connectivity index (χ1n) is 9.62. The summed E-state index contributed by atoms with van der Waals surface area (Å²) < 4.78 is 27.4. The summed E-state index contributed by atoms with van der Waals surface area (Å²) in [5, 5.41) is 3.02. The van der Waals surface area contributed by atoms with E-state index in [0.717, 1.165) is 11.1 Å². The van der Waals surface area contributed by atoms with Crippen LogP contribution in [0.5, 0.6) is 0 Å². The molecule has 0 unspecified atom stereocenters. The van der Waals surface area contributed by atoms with Gasteiger partial charge >= 0.3 is 0 Å². The van der Waals surface area contributed by atoms with E-state index in [1.807, 2.05) is 44.2 Å². The molecule has 2 aromatic carbocycles. The Morgan fingerprint density at radius 3 is 2.25 bits per heavy atom. The van der Waals surface area contributed by atoms with Gasteiger partial charge in [-0.2, -0.15) is 4.31 Å². The number of rotatable bonds is 5. The Morgan fingerprint density at radius 2 is 1.64 bits per heavy atom. The number of carbonyl (C=O) groups excluding carboxylic acids is 1. The highest BCUT2D eigenvalue weighted by Gasteiger charge is 2.40. The molecule has 1 fully saturated rings. The van der Waals surface area contributed by atoms with Gasteiger partial charge in [0.15, 0.2) is 0 Å². The van der Waals surface area contributed by atoms with Crippen LogP contribution in [0.4, 0.5) is 0 Å². The Labute approximate surface area is 167 Å². The number of nitrogens with one attached hydrogen (secondary N) is 1. The van der Waals surface area contributed by atoms with Crippen LogP contribution < -0.4 is 5.32 Å². The molecule has 3 rings (SSSR count). The van der Waals surface area contributed by atoms with Crippen molar-refractivity contribution in [1.82, 2.24) is 9.62 Å². The lowest BCUT2D eigenvalue weighted by atomic mass is 9.80. The average Bonchev–Trinajstić information content (AvgIpc) is 2.68. The topological polar surface area (TPSA) is 66.5 Å². The van der Waals surface area contributed by atoms with Crippen LogP contribution in [0.3, 0.4) is 0 Å². The number of carbonyl (C=O) groups is 1. The van der Waals surface area contributed by atoms with Crippen molar-refractivity contribution >= 4 is 15.9 Å². The van der Waals surface area contributed by atoms with Crippen molar-refractivity contribution in [2.45, 2.75) is 45.1 Å².